The van der Waals surface area contributed by atoms with Crippen molar-refractivity contribution >= 4 is 16.1 Å². The Kier molecular flexibility index (Phi) is 9.92. The van der Waals surface area contributed by atoms with Crippen molar-refractivity contribution in [2.24, 2.45) is 0 Å². The van der Waals surface area contributed by atoms with Crippen molar-refractivity contribution in [3.8, 4) is 0 Å². The van der Waals surface area contributed by atoms with Gasteiger partial charge in [-0.1, -0.05) is 78.9 Å². The van der Waals surface area contributed by atoms with Crippen LogP contribution in [0, 0.1) is 0 Å². The molecule has 1 saturated heterocycles. The van der Waals surface area contributed by atoms with Gasteiger partial charge in [-0.05, 0) is 55.0 Å². The summed E-state index contributed by atoms with van der Waals surface area (Å²) >= 11 is 0. The highest BCUT2D eigenvalue weighted by Crippen LogP contribution is 2.25. The van der Waals surface area contributed by atoms with Crippen LogP contribution in [-0.4, -0.2) is 63.0 Å². The van der Waals surface area contributed by atoms with Gasteiger partial charge in [0, 0.05) is 32.7 Å². The average Bonchev–Trinajstić information content (AvgIpc) is 2.96. The number of alkyl carbamates (subject to hydrolysis) is 1. The van der Waals surface area contributed by atoms with Gasteiger partial charge >= 0.3 is 6.09 Å². The van der Waals surface area contributed by atoms with Crippen LogP contribution < -0.4 is 5.32 Å². The van der Waals surface area contributed by atoms with Gasteiger partial charge in [-0.3, -0.25) is 0 Å². The third-order valence-electron chi connectivity index (χ3n) is 7.12. The van der Waals surface area contributed by atoms with E-state index in [0.717, 1.165) is 50.0 Å². The second-order valence-corrected chi connectivity index (χ2v) is 11.9. The van der Waals surface area contributed by atoms with Crippen LogP contribution in [0.3, 0.4) is 0 Å². The molecule has 1 fully saturated rings. The minimum atomic E-state index is -3.56. The van der Waals surface area contributed by atoms with Crippen LogP contribution in [0.1, 0.15) is 36.3 Å². The molecule has 3 aromatic carbocycles. The second kappa shape index (κ2) is 13.6. The zero-order valence-corrected chi connectivity index (χ0v) is 22.7. The Morgan fingerprint density at radius 3 is 2.16 bits per heavy atom. The van der Waals surface area contributed by atoms with E-state index in [2.05, 4.69) is 22.3 Å². The molecule has 1 amide bonds. The Labute approximate surface area is 226 Å². The van der Waals surface area contributed by atoms with E-state index < -0.39 is 10.0 Å². The topological polar surface area (TPSA) is 79.0 Å². The molecule has 0 aliphatic carbocycles. The quantitative estimate of drug-likeness (QED) is 0.379. The lowest BCUT2D eigenvalue weighted by atomic mass is 9.94. The molecule has 0 radical (unpaired) electrons. The maximum Gasteiger partial charge on any atom is 0.407 e. The largest absolute Gasteiger partial charge is 0.445 e. The standard InChI is InChI=1S/C30H37N3O4S/c1-32(38(35,36)29-15-9-4-10-16-29)23-27(26-13-7-3-8-14-26)17-20-33-21-18-28(19-22-33)31-30(34)37-24-25-11-5-2-6-12-25/h2-16,27-28H,17-24H2,1H3,(H,31,34). The first-order valence-electron chi connectivity index (χ1n) is 13.2. The summed E-state index contributed by atoms with van der Waals surface area (Å²) in [6.45, 7) is 3.30. The van der Waals surface area contributed by atoms with E-state index in [4.69, 9.17) is 4.74 Å². The van der Waals surface area contributed by atoms with Gasteiger partial charge in [-0.2, -0.15) is 0 Å². The molecule has 0 bridgehead atoms. The van der Waals surface area contributed by atoms with Gasteiger partial charge in [-0.15, -0.1) is 0 Å². The van der Waals surface area contributed by atoms with Crippen molar-refractivity contribution < 1.29 is 17.9 Å². The smallest absolute Gasteiger partial charge is 0.407 e. The molecule has 0 saturated carbocycles. The summed E-state index contributed by atoms with van der Waals surface area (Å²) in [5.41, 5.74) is 2.10. The maximum atomic E-state index is 13.1. The highest BCUT2D eigenvalue weighted by Gasteiger charge is 2.26. The summed E-state index contributed by atoms with van der Waals surface area (Å²) in [4.78, 5) is 14.9. The lowest BCUT2D eigenvalue weighted by molar-refractivity contribution is 0.126. The molecular weight excluding hydrogens is 498 g/mol. The fourth-order valence-electron chi connectivity index (χ4n) is 4.84. The minimum absolute atomic E-state index is 0.0727. The van der Waals surface area contributed by atoms with E-state index in [1.54, 1.807) is 31.3 Å². The fourth-order valence-corrected chi connectivity index (χ4v) is 6.08. The number of likely N-dealkylation sites (N-methyl/N-ethyl adjacent to an activating group) is 1. The number of amides is 1. The highest BCUT2D eigenvalue weighted by atomic mass is 32.2. The van der Waals surface area contributed by atoms with Crippen LogP contribution in [0.5, 0.6) is 0 Å². The number of nitrogens with zero attached hydrogens (tertiary/aromatic N) is 2. The first-order chi connectivity index (χ1) is 18.4. The molecule has 1 N–H and O–H groups in total. The van der Waals surface area contributed by atoms with E-state index in [0.29, 0.717) is 11.4 Å². The van der Waals surface area contributed by atoms with E-state index in [1.807, 2.05) is 54.6 Å². The van der Waals surface area contributed by atoms with Crippen LogP contribution >= 0.6 is 0 Å². The predicted molar refractivity (Wildman–Crippen MR) is 149 cm³/mol. The van der Waals surface area contributed by atoms with Gasteiger partial charge in [0.25, 0.3) is 0 Å². The molecule has 1 atom stereocenters. The number of carbonyl (C=O) groups is 1. The number of rotatable bonds is 11. The number of carbonyl (C=O) groups excluding carboxylic acids is 1. The lowest BCUT2D eigenvalue weighted by Gasteiger charge is -2.33. The van der Waals surface area contributed by atoms with E-state index in [1.165, 1.54) is 4.31 Å². The van der Waals surface area contributed by atoms with Gasteiger partial charge < -0.3 is 15.0 Å². The van der Waals surface area contributed by atoms with Crippen molar-refractivity contribution in [1.29, 1.82) is 0 Å². The number of piperidine rings is 1. The third kappa shape index (κ3) is 7.90. The fraction of sp³-hybridized carbons (Fsp3) is 0.367. The summed E-state index contributed by atoms with van der Waals surface area (Å²) < 4.78 is 33.1. The molecule has 0 spiro atoms. The number of nitrogens with one attached hydrogen (secondary N) is 1. The summed E-state index contributed by atoms with van der Waals surface area (Å²) in [7, 11) is -1.90. The van der Waals surface area contributed by atoms with E-state index in [9.17, 15) is 13.2 Å². The first kappa shape index (κ1) is 27.8. The lowest BCUT2D eigenvalue weighted by Crippen LogP contribution is -2.45. The van der Waals surface area contributed by atoms with Crippen LogP contribution in [0.2, 0.25) is 0 Å². The van der Waals surface area contributed by atoms with Crippen LogP contribution in [0.4, 0.5) is 4.79 Å². The van der Waals surface area contributed by atoms with Crippen molar-refractivity contribution in [1.82, 2.24) is 14.5 Å². The van der Waals surface area contributed by atoms with Gasteiger partial charge in [0.15, 0.2) is 0 Å². The summed E-state index contributed by atoms with van der Waals surface area (Å²) in [5, 5.41) is 3.00. The number of likely N-dealkylation sites (tertiary alicyclic amines) is 1. The Hall–Kier alpha value is -3.20. The number of sulfonamides is 1. The van der Waals surface area contributed by atoms with Crippen molar-refractivity contribution in [3.05, 3.63) is 102 Å². The minimum Gasteiger partial charge on any atom is -0.445 e. The molecule has 7 nitrogen and oxygen atoms in total. The highest BCUT2D eigenvalue weighted by molar-refractivity contribution is 7.89. The number of benzene rings is 3. The first-order valence-corrected chi connectivity index (χ1v) is 14.6. The average molecular weight is 536 g/mol. The van der Waals surface area contributed by atoms with Gasteiger partial charge in [0.1, 0.15) is 6.61 Å². The normalized spacial score (nSPS) is 15.7. The van der Waals surface area contributed by atoms with E-state index >= 15 is 0 Å². The predicted octanol–water partition coefficient (Wildman–Crippen LogP) is 4.87. The van der Waals surface area contributed by atoms with Crippen molar-refractivity contribution in [2.75, 3.05) is 33.2 Å². The SMILES string of the molecule is CN(CC(CCN1CCC(NC(=O)OCc2ccccc2)CC1)c1ccccc1)S(=O)(=O)c1ccccc1. The Bertz CT molecular complexity index is 1230. The van der Waals surface area contributed by atoms with Gasteiger partial charge in [0.2, 0.25) is 10.0 Å². The molecule has 1 aliphatic rings. The molecule has 0 aromatic heterocycles. The number of hydrogen-bond donors (Lipinski definition) is 1. The van der Waals surface area contributed by atoms with Crippen molar-refractivity contribution in [3.63, 3.8) is 0 Å². The Morgan fingerprint density at radius 1 is 0.947 bits per heavy atom. The third-order valence-corrected chi connectivity index (χ3v) is 8.95. The summed E-state index contributed by atoms with van der Waals surface area (Å²) in [6.07, 6.45) is 2.19. The molecule has 3 aromatic rings. The van der Waals surface area contributed by atoms with Crippen LogP contribution in [-0.2, 0) is 21.4 Å². The summed E-state index contributed by atoms with van der Waals surface area (Å²) in [5.74, 6) is 0.0727. The molecular formula is C30H37N3O4S. The molecule has 38 heavy (non-hydrogen) atoms. The molecule has 1 aliphatic heterocycles. The van der Waals surface area contributed by atoms with Crippen LogP contribution in [0.25, 0.3) is 0 Å². The molecule has 1 unspecified atom stereocenters. The zero-order valence-electron chi connectivity index (χ0n) is 21.9. The number of ether oxygens (including phenoxy) is 1. The summed E-state index contributed by atoms with van der Waals surface area (Å²) in [6, 6.07) is 28.5. The van der Waals surface area contributed by atoms with E-state index in [-0.39, 0.29) is 24.7 Å². The molecule has 4 rings (SSSR count). The molecule has 202 valence electrons. The van der Waals surface area contributed by atoms with Gasteiger partial charge in [0.05, 0.1) is 4.90 Å². The monoisotopic (exact) mass is 535 g/mol. The number of hydrogen-bond acceptors (Lipinski definition) is 5. The van der Waals surface area contributed by atoms with Crippen LogP contribution in [0.15, 0.2) is 95.9 Å². The maximum absolute atomic E-state index is 13.1. The molecule has 8 heteroatoms. The second-order valence-electron chi connectivity index (χ2n) is 9.82. The van der Waals surface area contributed by atoms with Gasteiger partial charge in [-0.25, -0.2) is 17.5 Å². The Morgan fingerprint density at radius 2 is 1.53 bits per heavy atom. The zero-order chi connectivity index (χ0) is 26.8. The molecule has 1 heterocycles. The Balaban J connectivity index is 1.27. The van der Waals surface area contributed by atoms with Crippen molar-refractivity contribution in [2.45, 2.75) is 42.7 Å².